The number of hydrogen-bond donors (Lipinski definition) is 2. The highest BCUT2D eigenvalue weighted by atomic mass is 16.3. The third kappa shape index (κ3) is 1.69. The lowest BCUT2D eigenvalue weighted by Crippen LogP contribution is -2.37. The van der Waals surface area contributed by atoms with Crippen molar-refractivity contribution in [3.8, 4) is 0 Å². The van der Waals surface area contributed by atoms with Crippen LogP contribution in [0.4, 0.5) is 5.69 Å². The van der Waals surface area contributed by atoms with Gasteiger partial charge in [-0.1, -0.05) is 42.5 Å². The Bertz CT molecular complexity index is 580. The number of hydrogen-bond acceptors (Lipinski definition) is 3. The van der Waals surface area contributed by atoms with Gasteiger partial charge in [-0.2, -0.15) is 0 Å². The maximum absolute atomic E-state index is 12.1. The van der Waals surface area contributed by atoms with Gasteiger partial charge < -0.3 is 10.4 Å². The zero-order valence-corrected chi connectivity index (χ0v) is 9.71. The van der Waals surface area contributed by atoms with Crippen molar-refractivity contribution in [2.75, 3.05) is 5.32 Å². The molecule has 0 amide bonds. The molecular weight excluding hydrogens is 226 g/mol. The highest BCUT2D eigenvalue weighted by Crippen LogP contribution is 2.32. The first-order chi connectivity index (χ1) is 8.77. The molecule has 0 aromatic heterocycles. The molecule has 3 rings (SSSR count). The number of carbonyl (C=O) groups excluding carboxylic acids is 1. The number of para-hydroxylation sites is 1. The van der Waals surface area contributed by atoms with Gasteiger partial charge in [0.05, 0.1) is 6.04 Å². The third-order valence-electron chi connectivity index (χ3n) is 3.25. The van der Waals surface area contributed by atoms with Crippen molar-refractivity contribution in [2.45, 2.75) is 12.1 Å². The Morgan fingerprint density at radius 3 is 2.39 bits per heavy atom. The molecule has 2 aromatic rings. The normalized spacial score (nSPS) is 22.2. The van der Waals surface area contributed by atoms with Crippen LogP contribution in [0.3, 0.4) is 0 Å². The van der Waals surface area contributed by atoms with E-state index in [1.807, 2.05) is 42.5 Å². The van der Waals surface area contributed by atoms with Crippen LogP contribution in [0.1, 0.15) is 22.0 Å². The largest absolute Gasteiger partial charge is 0.382 e. The summed E-state index contributed by atoms with van der Waals surface area (Å²) in [6.45, 7) is 0. The number of Topliss-reactive ketones (excluding diaryl/α,β-unsaturated/α-hetero) is 1. The van der Waals surface area contributed by atoms with E-state index in [2.05, 4.69) is 5.32 Å². The van der Waals surface area contributed by atoms with Crippen molar-refractivity contribution >= 4 is 11.5 Å². The topological polar surface area (TPSA) is 49.3 Å². The number of rotatable bonds is 1. The van der Waals surface area contributed by atoms with Crippen LogP contribution in [0.5, 0.6) is 0 Å². The molecule has 18 heavy (non-hydrogen) atoms. The van der Waals surface area contributed by atoms with Crippen molar-refractivity contribution in [1.82, 2.24) is 0 Å². The Morgan fingerprint density at radius 1 is 0.944 bits per heavy atom. The van der Waals surface area contributed by atoms with Crippen molar-refractivity contribution in [2.24, 2.45) is 0 Å². The summed E-state index contributed by atoms with van der Waals surface area (Å²) in [5, 5.41) is 13.3. The van der Waals surface area contributed by atoms with Crippen molar-refractivity contribution in [3.63, 3.8) is 0 Å². The maximum Gasteiger partial charge on any atom is 0.195 e. The highest BCUT2D eigenvalue weighted by Gasteiger charge is 2.34. The number of fused-ring (bicyclic) bond motifs is 1. The van der Waals surface area contributed by atoms with Crippen LogP contribution in [0.2, 0.25) is 0 Å². The fourth-order valence-corrected chi connectivity index (χ4v) is 2.31. The molecule has 2 atom stereocenters. The third-order valence-corrected chi connectivity index (χ3v) is 3.25. The molecule has 0 spiro atoms. The minimum Gasteiger partial charge on any atom is -0.382 e. The van der Waals surface area contributed by atoms with E-state index < -0.39 is 6.10 Å². The zero-order valence-electron chi connectivity index (χ0n) is 9.71. The van der Waals surface area contributed by atoms with Gasteiger partial charge in [-0.3, -0.25) is 4.79 Å². The van der Waals surface area contributed by atoms with Gasteiger partial charge >= 0.3 is 0 Å². The molecule has 3 heteroatoms. The van der Waals surface area contributed by atoms with E-state index in [9.17, 15) is 9.90 Å². The Morgan fingerprint density at radius 2 is 1.61 bits per heavy atom. The predicted octanol–water partition coefficient (Wildman–Crippen LogP) is 2.40. The van der Waals surface area contributed by atoms with Gasteiger partial charge in [0.25, 0.3) is 0 Å². The fourth-order valence-electron chi connectivity index (χ4n) is 2.31. The van der Waals surface area contributed by atoms with E-state index >= 15 is 0 Å². The van der Waals surface area contributed by atoms with E-state index in [0.717, 1.165) is 11.3 Å². The molecular formula is C15H13NO2. The highest BCUT2D eigenvalue weighted by molar-refractivity contribution is 6.06. The molecule has 90 valence electrons. The fraction of sp³-hybridized carbons (Fsp3) is 0.133. The zero-order chi connectivity index (χ0) is 12.5. The molecule has 0 saturated carbocycles. The number of carbonyl (C=O) groups is 1. The first-order valence-electron chi connectivity index (χ1n) is 5.90. The van der Waals surface area contributed by atoms with Crippen LogP contribution in [0.25, 0.3) is 0 Å². The van der Waals surface area contributed by atoms with Gasteiger partial charge in [0.2, 0.25) is 0 Å². The van der Waals surface area contributed by atoms with E-state index in [0.29, 0.717) is 5.56 Å². The van der Waals surface area contributed by atoms with Crippen molar-refractivity contribution in [3.05, 3.63) is 65.7 Å². The average molecular weight is 239 g/mol. The molecule has 0 fully saturated rings. The number of aliphatic hydroxyl groups excluding tert-OH is 1. The quantitative estimate of drug-likeness (QED) is 0.803. The summed E-state index contributed by atoms with van der Waals surface area (Å²) >= 11 is 0. The number of ketones is 1. The second-order valence-corrected chi connectivity index (χ2v) is 4.39. The van der Waals surface area contributed by atoms with Crippen LogP contribution in [-0.4, -0.2) is 17.0 Å². The second-order valence-electron chi connectivity index (χ2n) is 4.39. The van der Waals surface area contributed by atoms with Crippen molar-refractivity contribution < 1.29 is 9.90 Å². The second kappa shape index (κ2) is 4.27. The molecule has 1 aliphatic rings. The van der Waals surface area contributed by atoms with E-state index in [-0.39, 0.29) is 11.8 Å². The van der Waals surface area contributed by atoms with Crippen LogP contribution >= 0.6 is 0 Å². The molecule has 3 nitrogen and oxygen atoms in total. The van der Waals surface area contributed by atoms with Gasteiger partial charge in [-0.05, 0) is 17.7 Å². The van der Waals surface area contributed by atoms with Crippen molar-refractivity contribution in [1.29, 1.82) is 0 Å². The molecule has 0 aliphatic carbocycles. The summed E-state index contributed by atoms with van der Waals surface area (Å²) in [5.41, 5.74) is 2.24. The first kappa shape index (κ1) is 11.0. The lowest BCUT2D eigenvalue weighted by atomic mass is 9.90. The van der Waals surface area contributed by atoms with Crippen LogP contribution in [-0.2, 0) is 0 Å². The minimum atomic E-state index is -1.04. The molecule has 2 N–H and O–H groups in total. The number of aliphatic hydroxyl groups is 1. The van der Waals surface area contributed by atoms with Gasteiger partial charge in [0, 0.05) is 11.3 Å². The monoisotopic (exact) mass is 239 g/mol. The van der Waals surface area contributed by atoms with Crippen LogP contribution < -0.4 is 5.32 Å². The molecule has 0 saturated heterocycles. The molecule has 0 unspecified atom stereocenters. The molecule has 0 radical (unpaired) electrons. The number of anilines is 1. The molecule has 2 aromatic carbocycles. The SMILES string of the molecule is O=C1c2ccccc2N[C@@H](c2ccccc2)[C@H]1O. The maximum atomic E-state index is 12.1. The van der Waals surface area contributed by atoms with Gasteiger partial charge in [-0.25, -0.2) is 0 Å². The summed E-state index contributed by atoms with van der Waals surface area (Å²) in [6, 6.07) is 16.4. The standard InChI is InChI=1S/C15H13NO2/c17-14-11-8-4-5-9-12(11)16-13(15(14)18)10-6-2-1-3-7-10/h1-9,13,15-16,18H/t13-,15+/m0/s1. The smallest absolute Gasteiger partial charge is 0.195 e. The van der Waals surface area contributed by atoms with Crippen LogP contribution in [0.15, 0.2) is 54.6 Å². The summed E-state index contributed by atoms with van der Waals surface area (Å²) in [6.07, 6.45) is -1.04. The van der Waals surface area contributed by atoms with E-state index in [1.165, 1.54) is 0 Å². The van der Waals surface area contributed by atoms with Crippen LogP contribution in [0, 0.1) is 0 Å². The van der Waals surface area contributed by atoms with E-state index in [4.69, 9.17) is 0 Å². The van der Waals surface area contributed by atoms with Gasteiger partial charge in [-0.15, -0.1) is 0 Å². The molecule has 0 bridgehead atoms. The number of benzene rings is 2. The lowest BCUT2D eigenvalue weighted by molar-refractivity contribution is 0.0695. The molecule has 1 heterocycles. The summed E-state index contributed by atoms with van der Waals surface area (Å²) in [4.78, 5) is 12.1. The lowest BCUT2D eigenvalue weighted by Gasteiger charge is -2.30. The summed E-state index contributed by atoms with van der Waals surface area (Å²) < 4.78 is 0. The van der Waals surface area contributed by atoms with E-state index in [1.54, 1.807) is 12.1 Å². The van der Waals surface area contributed by atoms with Gasteiger partial charge in [0.1, 0.15) is 6.10 Å². The Labute approximate surface area is 105 Å². The summed E-state index contributed by atoms with van der Waals surface area (Å²) in [7, 11) is 0. The predicted molar refractivity (Wildman–Crippen MR) is 69.6 cm³/mol. The summed E-state index contributed by atoms with van der Waals surface area (Å²) in [5.74, 6) is -0.224. The Balaban J connectivity index is 2.04. The average Bonchev–Trinajstić information content (AvgIpc) is 2.44. The Kier molecular flexibility index (Phi) is 2.61. The van der Waals surface area contributed by atoms with Gasteiger partial charge in [0.15, 0.2) is 5.78 Å². The Hall–Kier alpha value is -2.13. The minimum absolute atomic E-state index is 0.224. The first-order valence-corrected chi connectivity index (χ1v) is 5.90. The molecule has 1 aliphatic heterocycles. The number of nitrogens with one attached hydrogen (secondary N) is 1.